The summed E-state index contributed by atoms with van der Waals surface area (Å²) >= 11 is 1.88. The largest absolute Gasteiger partial charge is 0.354 e. The van der Waals surface area contributed by atoms with Crippen LogP contribution in [-0.4, -0.2) is 57.3 Å². The van der Waals surface area contributed by atoms with Gasteiger partial charge >= 0.3 is 0 Å². The number of thioether (sulfide) groups is 1. The molecule has 0 saturated carbocycles. The number of fused-ring (bicyclic) bond motifs is 1. The van der Waals surface area contributed by atoms with E-state index < -0.39 is 0 Å². The van der Waals surface area contributed by atoms with E-state index in [-0.39, 0.29) is 24.0 Å². The normalized spacial score (nSPS) is 13.8. The summed E-state index contributed by atoms with van der Waals surface area (Å²) in [5.74, 6) is 3.21. The SMILES string of the molecule is CCc1nncn1CCNC(=NCCCSC)N1CCc2ccccc2C1.I. The van der Waals surface area contributed by atoms with E-state index in [1.165, 1.54) is 11.1 Å². The number of guanidine groups is 1. The van der Waals surface area contributed by atoms with Crippen molar-refractivity contribution in [1.82, 2.24) is 25.0 Å². The van der Waals surface area contributed by atoms with Crippen LogP contribution in [-0.2, 0) is 25.9 Å². The van der Waals surface area contributed by atoms with Gasteiger partial charge in [-0.1, -0.05) is 31.2 Å². The van der Waals surface area contributed by atoms with Gasteiger partial charge in [-0.25, -0.2) is 0 Å². The number of hydrogen-bond acceptors (Lipinski definition) is 4. The molecule has 6 nitrogen and oxygen atoms in total. The first-order chi connectivity index (χ1) is 13.3. The lowest BCUT2D eigenvalue weighted by Gasteiger charge is -2.32. The molecule has 1 aliphatic rings. The van der Waals surface area contributed by atoms with Crippen LogP contribution in [0.3, 0.4) is 0 Å². The van der Waals surface area contributed by atoms with Crippen molar-refractivity contribution in [3.8, 4) is 0 Å². The zero-order chi connectivity index (χ0) is 18.9. The number of rotatable bonds is 8. The summed E-state index contributed by atoms with van der Waals surface area (Å²) in [6.07, 6.45) is 7.05. The van der Waals surface area contributed by atoms with Crippen LogP contribution >= 0.6 is 35.7 Å². The Morgan fingerprint density at radius 1 is 1.29 bits per heavy atom. The predicted molar refractivity (Wildman–Crippen MR) is 129 cm³/mol. The third-order valence-electron chi connectivity index (χ3n) is 4.85. The monoisotopic (exact) mass is 514 g/mol. The predicted octanol–water partition coefficient (Wildman–Crippen LogP) is 3.22. The molecule has 8 heteroatoms. The summed E-state index contributed by atoms with van der Waals surface area (Å²) < 4.78 is 2.11. The van der Waals surface area contributed by atoms with Crippen LogP contribution in [0.2, 0.25) is 0 Å². The maximum Gasteiger partial charge on any atom is 0.194 e. The number of nitrogens with zero attached hydrogens (tertiary/aromatic N) is 5. The summed E-state index contributed by atoms with van der Waals surface area (Å²) in [5, 5.41) is 11.8. The fourth-order valence-corrected chi connectivity index (χ4v) is 3.78. The number of hydrogen-bond donors (Lipinski definition) is 1. The Kier molecular flexibility index (Phi) is 10.1. The zero-order valence-electron chi connectivity index (χ0n) is 16.8. The van der Waals surface area contributed by atoms with Gasteiger partial charge in [-0.05, 0) is 36.0 Å². The van der Waals surface area contributed by atoms with Gasteiger partial charge in [-0.15, -0.1) is 34.2 Å². The fraction of sp³-hybridized carbons (Fsp3) is 0.550. The van der Waals surface area contributed by atoms with Crippen LogP contribution < -0.4 is 5.32 Å². The van der Waals surface area contributed by atoms with Gasteiger partial charge in [0.1, 0.15) is 12.2 Å². The number of aliphatic imine (C=N–C) groups is 1. The van der Waals surface area contributed by atoms with E-state index in [1.54, 1.807) is 0 Å². The van der Waals surface area contributed by atoms with Crippen LogP contribution in [0.5, 0.6) is 0 Å². The van der Waals surface area contributed by atoms with Crippen molar-refractivity contribution in [3.05, 3.63) is 47.5 Å². The molecule has 0 saturated heterocycles. The zero-order valence-corrected chi connectivity index (χ0v) is 20.0. The number of halogens is 1. The first-order valence-corrected chi connectivity index (χ1v) is 11.2. The number of benzene rings is 1. The minimum Gasteiger partial charge on any atom is -0.354 e. The second-order valence-corrected chi connectivity index (χ2v) is 7.70. The molecule has 0 aliphatic carbocycles. The number of nitrogens with one attached hydrogen (secondary N) is 1. The van der Waals surface area contributed by atoms with Crippen molar-refractivity contribution < 1.29 is 0 Å². The molecule has 1 aromatic carbocycles. The summed E-state index contributed by atoms with van der Waals surface area (Å²) in [7, 11) is 0. The highest BCUT2D eigenvalue weighted by molar-refractivity contribution is 14.0. The molecule has 2 heterocycles. The smallest absolute Gasteiger partial charge is 0.194 e. The Hall–Kier alpha value is -1.29. The molecule has 2 aromatic rings. The molecule has 3 rings (SSSR count). The van der Waals surface area contributed by atoms with Crippen molar-refractivity contribution in [2.45, 2.75) is 39.3 Å². The fourth-order valence-electron chi connectivity index (χ4n) is 3.37. The molecular formula is C20H31IN6S. The average molecular weight is 514 g/mol. The molecule has 0 unspecified atom stereocenters. The Balaban J connectivity index is 0.00000280. The molecule has 0 atom stereocenters. The lowest BCUT2D eigenvalue weighted by atomic mass is 10.0. The summed E-state index contributed by atoms with van der Waals surface area (Å²) in [5.41, 5.74) is 2.88. The molecule has 0 spiro atoms. The Labute approximate surface area is 189 Å². The Bertz CT molecular complexity index is 748. The highest BCUT2D eigenvalue weighted by Gasteiger charge is 2.18. The summed E-state index contributed by atoms with van der Waals surface area (Å²) in [6, 6.07) is 8.74. The molecule has 0 bridgehead atoms. The first kappa shape index (κ1) is 23.0. The van der Waals surface area contributed by atoms with Crippen molar-refractivity contribution in [2.24, 2.45) is 4.99 Å². The maximum absolute atomic E-state index is 4.90. The van der Waals surface area contributed by atoms with E-state index in [2.05, 4.69) is 62.4 Å². The Morgan fingerprint density at radius 3 is 2.89 bits per heavy atom. The van der Waals surface area contributed by atoms with Crippen LogP contribution in [0.25, 0.3) is 0 Å². The first-order valence-electron chi connectivity index (χ1n) is 9.77. The van der Waals surface area contributed by atoms with Crippen molar-refractivity contribution in [3.63, 3.8) is 0 Å². The molecule has 1 N–H and O–H groups in total. The number of aryl methyl sites for hydroxylation is 1. The molecule has 154 valence electrons. The molecule has 0 amide bonds. The van der Waals surface area contributed by atoms with Gasteiger partial charge in [-0.3, -0.25) is 4.99 Å². The molecule has 28 heavy (non-hydrogen) atoms. The van der Waals surface area contributed by atoms with Crippen molar-refractivity contribution >= 4 is 41.7 Å². The lowest BCUT2D eigenvalue weighted by Crippen LogP contribution is -2.45. The standard InChI is InChI=1S/C20H30N6S.HI/c1-3-19-24-23-16-26(19)13-11-22-20(21-10-6-14-27-2)25-12-9-17-7-4-5-8-18(17)15-25;/h4-5,7-8,16H,3,6,9-15H2,1-2H3,(H,21,22);1H. The Morgan fingerprint density at radius 2 is 2.11 bits per heavy atom. The van der Waals surface area contributed by atoms with E-state index in [0.717, 1.165) is 69.5 Å². The van der Waals surface area contributed by atoms with E-state index in [4.69, 9.17) is 4.99 Å². The molecular weight excluding hydrogens is 483 g/mol. The van der Waals surface area contributed by atoms with Gasteiger partial charge in [0.2, 0.25) is 0 Å². The summed E-state index contributed by atoms with van der Waals surface area (Å²) in [6.45, 7) is 6.59. The molecule has 1 aliphatic heterocycles. The average Bonchev–Trinajstić information content (AvgIpc) is 3.17. The van der Waals surface area contributed by atoms with Crippen molar-refractivity contribution in [1.29, 1.82) is 0 Å². The lowest BCUT2D eigenvalue weighted by molar-refractivity contribution is 0.376. The van der Waals surface area contributed by atoms with Crippen LogP contribution in [0.4, 0.5) is 0 Å². The van der Waals surface area contributed by atoms with E-state index in [9.17, 15) is 0 Å². The minimum absolute atomic E-state index is 0. The van der Waals surface area contributed by atoms with Crippen LogP contribution in [0.15, 0.2) is 35.6 Å². The minimum atomic E-state index is 0. The van der Waals surface area contributed by atoms with Gasteiger partial charge in [0, 0.05) is 39.1 Å². The van der Waals surface area contributed by atoms with Gasteiger partial charge in [0.15, 0.2) is 5.96 Å². The third-order valence-corrected chi connectivity index (χ3v) is 5.54. The van der Waals surface area contributed by atoms with Crippen LogP contribution in [0, 0.1) is 0 Å². The molecule has 1 aromatic heterocycles. The second-order valence-electron chi connectivity index (χ2n) is 6.71. The van der Waals surface area contributed by atoms with E-state index in [0.29, 0.717) is 0 Å². The second kappa shape index (κ2) is 12.3. The molecule has 0 radical (unpaired) electrons. The molecule has 0 fully saturated rings. The van der Waals surface area contributed by atoms with Gasteiger partial charge in [0.05, 0.1) is 0 Å². The van der Waals surface area contributed by atoms with Gasteiger partial charge < -0.3 is 14.8 Å². The van der Waals surface area contributed by atoms with E-state index >= 15 is 0 Å². The summed E-state index contributed by atoms with van der Waals surface area (Å²) in [4.78, 5) is 7.28. The third kappa shape index (κ3) is 6.37. The number of aromatic nitrogens is 3. The maximum atomic E-state index is 4.90. The highest BCUT2D eigenvalue weighted by atomic mass is 127. The quantitative estimate of drug-likeness (QED) is 0.254. The van der Waals surface area contributed by atoms with Crippen molar-refractivity contribution in [2.75, 3.05) is 31.6 Å². The van der Waals surface area contributed by atoms with Crippen LogP contribution in [0.1, 0.15) is 30.3 Å². The van der Waals surface area contributed by atoms with Gasteiger partial charge in [0.25, 0.3) is 0 Å². The topological polar surface area (TPSA) is 58.3 Å². The van der Waals surface area contributed by atoms with Gasteiger partial charge in [-0.2, -0.15) is 11.8 Å². The highest BCUT2D eigenvalue weighted by Crippen LogP contribution is 2.18. The van der Waals surface area contributed by atoms with E-state index in [1.807, 2.05) is 18.1 Å².